The summed E-state index contributed by atoms with van der Waals surface area (Å²) >= 11 is 0. The van der Waals surface area contributed by atoms with Crippen molar-refractivity contribution in [2.75, 3.05) is 26.8 Å². The van der Waals surface area contributed by atoms with Crippen molar-refractivity contribution in [2.24, 2.45) is 0 Å². The van der Waals surface area contributed by atoms with E-state index in [1.165, 1.54) is 12.7 Å². The van der Waals surface area contributed by atoms with E-state index in [4.69, 9.17) is 9.57 Å². The maximum atomic E-state index is 12.7. The van der Waals surface area contributed by atoms with Crippen LogP contribution in [0.2, 0.25) is 0 Å². The van der Waals surface area contributed by atoms with Gasteiger partial charge in [-0.05, 0) is 57.2 Å². The van der Waals surface area contributed by atoms with Gasteiger partial charge in [0.1, 0.15) is 5.54 Å². The highest BCUT2D eigenvalue weighted by molar-refractivity contribution is 5.89. The van der Waals surface area contributed by atoms with E-state index in [-0.39, 0.29) is 18.3 Å². The number of amides is 1. The summed E-state index contributed by atoms with van der Waals surface area (Å²) < 4.78 is 4.99. The van der Waals surface area contributed by atoms with Crippen LogP contribution >= 0.6 is 0 Å². The Bertz CT molecular complexity index is 641. The van der Waals surface area contributed by atoms with E-state index in [2.05, 4.69) is 17.4 Å². The molecule has 0 bridgehead atoms. The summed E-state index contributed by atoms with van der Waals surface area (Å²) in [4.78, 5) is 30.7. The van der Waals surface area contributed by atoms with Gasteiger partial charge in [0.2, 0.25) is 5.91 Å². The molecule has 0 spiro atoms. The fraction of sp³-hybridized carbons (Fsp3) is 0.600. The number of nitrogens with one attached hydrogen (secondary N) is 1. The molecule has 6 nitrogen and oxygen atoms in total. The zero-order chi connectivity index (χ0) is 19.3. The van der Waals surface area contributed by atoms with Gasteiger partial charge in [-0.1, -0.05) is 17.7 Å². The number of esters is 1. The summed E-state index contributed by atoms with van der Waals surface area (Å²) in [6.07, 6.45) is 1.19. The molecule has 0 atom stereocenters. The predicted octanol–water partition coefficient (Wildman–Crippen LogP) is 2.23. The summed E-state index contributed by atoms with van der Waals surface area (Å²) in [6.45, 7) is 9.73. The van der Waals surface area contributed by atoms with E-state index in [9.17, 15) is 9.59 Å². The molecule has 1 fully saturated rings. The van der Waals surface area contributed by atoms with Gasteiger partial charge in [-0.15, -0.1) is 0 Å². The molecule has 1 aromatic carbocycles. The van der Waals surface area contributed by atoms with Crippen molar-refractivity contribution in [3.63, 3.8) is 0 Å². The maximum Gasteiger partial charge on any atom is 0.331 e. The molecule has 144 valence electrons. The fourth-order valence-electron chi connectivity index (χ4n) is 3.72. The molecule has 0 saturated carbocycles. The number of aryl methyl sites for hydroxylation is 3. The Balaban J connectivity index is 2.12. The van der Waals surface area contributed by atoms with Crippen molar-refractivity contribution in [1.82, 2.24) is 10.4 Å². The lowest BCUT2D eigenvalue weighted by Crippen LogP contribution is -2.60. The van der Waals surface area contributed by atoms with Gasteiger partial charge >= 0.3 is 5.97 Å². The maximum absolute atomic E-state index is 12.7. The topological polar surface area (TPSA) is 67.9 Å². The minimum Gasteiger partial charge on any atom is -0.467 e. The molecule has 1 aliphatic heterocycles. The number of carbonyl (C=O) groups excluding carboxylic acids is 2. The lowest BCUT2D eigenvalue weighted by Gasteiger charge is -2.39. The predicted molar refractivity (Wildman–Crippen MR) is 99.7 cm³/mol. The number of piperidine rings is 1. The monoisotopic (exact) mass is 362 g/mol. The van der Waals surface area contributed by atoms with Gasteiger partial charge in [0.15, 0.2) is 0 Å². The molecule has 1 saturated heterocycles. The standard InChI is InChI=1S/C20H30N2O4/c1-6-26-22-9-7-20(8-10-22,19(24)25-5)21-18(23)13-17-15(3)11-14(2)12-16(17)4/h11-12H,6-10,13H2,1-5H3,(H,21,23). The highest BCUT2D eigenvalue weighted by atomic mass is 16.7. The van der Waals surface area contributed by atoms with Gasteiger partial charge in [-0.2, -0.15) is 5.06 Å². The van der Waals surface area contributed by atoms with Gasteiger partial charge < -0.3 is 10.1 Å². The van der Waals surface area contributed by atoms with Crippen molar-refractivity contribution in [2.45, 2.75) is 52.5 Å². The van der Waals surface area contributed by atoms with E-state index in [0.717, 1.165) is 16.7 Å². The minimum atomic E-state index is -0.980. The van der Waals surface area contributed by atoms with Gasteiger partial charge in [-0.3, -0.25) is 9.63 Å². The number of benzene rings is 1. The van der Waals surface area contributed by atoms with Crippen molar-refractivity contribution >= 4 is 11.9 Å². The van der Waals surface area contributed by atoms with Gasteiger partial charge in [0.05, 0.1) is 20.1 Å². The number of hydrogen-bond donors (Lipinski definition) is 1. The number of rotatable bonds is 6. The Hall–Kier alpha value is -1.92. The van der Waals surface area contributed by atoms with Crippen LogP contribution in [0.1, 0.15) is 42.0 Å². The lowest BCUT2D eigenvalue weighted by atomic mass is 9.87. The Morgan fingerprint density at radius 3 is 2.23 bits per heavy atom. The van der Waals surface area contributed by atoms with E-state index < -0.39 is 5.54 Å². The molecule has 1 aliphatic rings. The zero-order valence-electron chi connectivity index (χ0n) is 16.5. The van der Waals surface area contributed by atoms with Gasteiger partial charge in [0.25, 0.3) is 0 Å². The molecule has 6 heteroatoms. The van der Waals surface area contributed by atoms with Crippen LogP contribution in [0.25, 0.3) is 0 Å². The quantitative estimate of drug-likeness (QED) is 0.786. The molecule has 0 aromatic heterocycles. The summed E-state index contributed by atoms with van der Waals surface area (Å²) in [5, 5.41) is 4.80. The molecule has 1 aromatic rings. The van der Waals surface area contributed by atoms with Crippen LogP contribution < -0.4 is 5.32 Å². The first-order valence-corrected chi connectivity index (χ1v) is 9.15. The fourth-order valence-corrected chi connectivity index (χ4v) is 3.72. The van der Waals surface area contributed by atoms with Crippen LogP contribution in [0.4, 0.5) is 0 Å². The Morgan fingerprint density at radius 2 is 1.73 bits per heavy atom. The first-order valence-electron chi connectivity index (χ1n) is 9.15. The van der Waals surface area contributed by atoms with Crippen molar-refractivity contribution < 1.29 is 19.2 Å². The third-order valence-electron chi connectivity index (χ3n) is 5.02. The Kier molecular flexibility index (Phi) is 6.78. The van der Waals surface area contributed by atoms with E-state index >= 15 is 0 Å². The molecule has 2 rings (SSSR count). The minimum absolute atomic E-state index is 0.157. The van der Waals surface area contributed by atoms with Crippen LogP contribution in [0.15, 0.2) is 12.1 Å². The van der Waals surface area contributed by atoms with Crippen LogP contribution in [-0.2, 0) is 25.6 Å². The number of carbonyl (C=O) groups is 2. The van der Waals surface area contributed by atoms with Crippen LogP contribution in [-0.4, -0.2) is 49.3 Å². The van der Waals surface area contributed by atoms with Crippen molar-refractivity contribution in [3.05, 3.63) is 34.4 Å². The number of nitrogens with zero attached hydrogens (tertiary/aromatic N) is 1. The summed E-state index contributed by atoms with van der Waals surface area (Å²) in [6, 6.07) is 4.15. The van der Waals surface area contributed by atoms with Gasteiger partial charge in [-0.25, -0.2) is 4.79 Å². The average molecular weight is 362 g/mol. The third kappa shape index (κ3) is 4.62. The second kappa shape index (κ2) is 8.64. The molecule has 1 amide bonds. The average Bonchev–Trinajstić information content (AvgIpc) is 2.59. The van der Waals surface area contributed by atoms with Gasteiger partial charge in [0, 0.05) is 13.1 Å². The van der Waals surface area contributed by atoms with E-state index in [0.29, 0.717) is 32.5 Å². The number of methoxy groups -OCH3 is 1. The number of hydroxylamine groups is 2. The molecular weight excluding hydrogens is 332 g/mol. The molecule has 0 radical (unpaired) electrons. The lowest BCUT2D eigenvalue weighted by molar-refractivity contribution is -0.183. The van der Waals surface area contributed by atoms with Crippen LogP contribution in [0.3, 0.4) is 0 Å². The molecule has 1 heterocycles. The highest BCUT2D eigenvalue weighted by Crippen LogP contribution is 2.25. The Labute approximate surface area is 155 Å². The SMILES string of the molecule is CCON1CCC(NC(=O)Cc2c(C)cc(C)cc2C)(C(=O)OC)CC1. The van der Waals surface area contributed by atoms with E-state index in [1.54, 1.807) is 0 Å². The van der Waals surface area contributed by atoms with Crippen LogP contribution in [0, 0.1) is 20.8 Å². The van der Waals surface area contributed by atoms with Crippen molar-refractivity contribution in [1.29, 1.82) is 0 Å². The molecule has 1 N–H and O–H groups in total. The molecule has 26 heavy (non-hydrogen) atoms. The smallest absolute Gasteiger partial charge is 0.331 e. The first-order chi connectivity index (χ1) is 12.3. The number of ether oxygens (including phenoxy) is 1. The molecule has 0 aliphatic carbocycles. The highest BCUT2D eigenvalue weighted by Gasteiger charge is 2.44. The summed E-state index contributed by atoms with van der Waals surface area (Å²) in [7, 11) is 1.36. The third-order valence-corrected chi connectivity index (χ3v) is 5.02. The molecular formula is C20H30N2O4. The second-order valence-electron chi connectivity index (χ2n) is 7.02. The second-order valence-corrected chi connectivity index (χ2v) is 7.02. The Morgan fingerprint density at radius 1 is 1.15 bits per heavy atom. The van der Waals surface area contributed by atoms with Crippen LogP contribution in [0.5, 0.6) is 0 Å². The molecule has 0 unspecified atom stereocenters. The number of hydrogen-bond acceptors (Lipinski definition) is 5. The summed E-state index contributed by atoms with van der Waals surface area (Å²) in [5.41, 5.74) is 3.40. The van der Waals surface area contributed by atoms with E-state index in [1.807, 2.05) is 32.8 Å². The first kappa shape index (κ1) is 20.4. The largest absolute Gasteiger partial charge is 0.467 e. The normalized spacial score (nSPS) is 17.0. The van der Waals surface area contributed by atoms with Crippen molar-refractivity contribution in [3.8, 4) is 0 Å². The summed E-state index contributed by atoms with van der Waals surface area (Å²) in [5.74, 6) is -0.547. The zero-order valence-corrected chi connectivity index (χ0v) is 16.5.